The van der Waals surface area contributed by atoms with E-state index in [9.17, 15) is 18.0 Å². The summed E-state index contributed by atoms with van der Waals surface area (Å²) in [6.07, 6.45) is -4.35. The van der Waals surface area contributed by atoms with Crippen LogP contribution in [0.25, 0.3) is 10.4 Å². The second-order valence-electron chi connectivity index (χ2n) is 8.01. The molecule has 1 aromatic heterocycles. The average Bonchev–Trinajstić information content (AvgIpc) is 3.23. The molecular formula is C24H24F3N3OS. The van der Waals surface area contributed by atoms with Gasteiger partial charge in [0, 0.05) is 29.2 Å². The molecule has 0 radical (unpaired) electrons. The van der Waals surface area contributed by atoms with Gasteiger partial charge in [-0.15, -0.1) is 11.3 Å². The number of aryl methyl sites for hydroxylation is 1. The summed E-state index contributed by atoms with van der Waals surface area (Å²) in [6, 6.07) is 15.6. The summed E-state index contributed by atoms with van der Waals surface area (Å²) >= 11 is 0.715. The smallest absolute Gasteiger partial charge is 0.380 e. The van der Waals surface area contributed by atoms with Crippen LogP contribution in [0.2, 0.25) is 0 Å². The Morgan fingerprint density at radius 3 is 2.56 bits per heavy atom. The Bertz CT molecular complexity index is 1120. The zero-order valence-electron chi connectivity index (χ0n) is 17.7. The molecule has 32 heavy (non-hydrogen) atoms. The molecule has 0 aliphatic carbocycles. The zero-order chi connectivity index (χ0) is 22.9. The number of amides is 1. The topological polar surface area (TPSA) is 53.2 Å². The van der Waals surface area contributed by atoms with Crippen molar-refractivity contribution >= 4 is 22.9 Å². The molecule has 1 saturated heterocycles. The Balaban J connectivity index is 1.49. The van der Waals surface area contributed by atoms with E-state index in [1.54, 1.807) is 12.1 Å². The highest BCUT2D eigenvalue weighted by atomic mass is 32.1. The van der Waals surface area contributed by atoms with E-state index < -0.39 is 11.1 Å². The number of alkyl halides is 3. The standard InChI is InChI=1S/C24H24F3N3OS/c1-14-6-7-18(30-19-12-28-13-19)11-20(14)23(31)29-15(2)16-4-3-5-17(10-16)21-8-9-22(32-21)24(25,26)27/h3-11,15,19,28,30H,12-13H2,1-2H3,(H,29,31). The first kappa shape index (κ1) is 22.4. The Hall–Kier alpha value is -2.84. The lowest BCUT2D eigenvalue weighted by Gasteiger charge is -2.29. The second-order valence-corrected chi connectivity index (χ2v) is 9.10. The first-order valence-electron chi connectivity index (χ1n) is 10.4. The van der Waals surface area contributed by atoms with Gasteiger partial charge >= 0.3 is 6.18 Å². The van der Waals surface area contributed by atoms with Crippen LogP contribution in [-0.4, -0.2) is 25.0 Å². The Kier molecular flexibility index (Phi) is 6.26. The highest BCUT2D eigenvalue weighted by molar-refractivity contribution is 7.15. The fraction of sp³-hybridized carbons (Fsp3) is 0.292. The third-order valence-corrected chi connectivity index (χ3v) is 6.72. The lowest BCUT2D eigenvalue weighted by atomic mass is 10.0. The SMILES string of the molecule is Cc1ccc(NC2CNC2)cc1C(=O)NC(C)c1cccc(-c2ccc(C(F)(F)F)s2)c1. The largest absolute Gasteiger partial charge is 0.425 e. The molecule has 3 N–H and O–H groups in total. The van der Waals surface area contributed by atoms with Crippen molar-refractivity contribution in [3.63, 3.8) is 0 Å². The van der Waals surface area contributed by atoms with Gasteiger partial charge in [0.2, 0.25) is 0 Å². The van der Waals surface area contributed by atoms with Gasteiger partial charge in [-0.2, -0.15) is 13.2 Å². The molecule has 2 heterocycles. The number of hydrogen-bond donors (Lipinski definition) is 3. The quantitative estimate of drug-likeness (QED) is 0.449. The van der Waals surface area contributed by atoms with Gasteiger partial charge < -0.3 is 16.0 Å². The fourth-order valence-corrected chi connectivity index (χ4v) is 4.42. The summed E-state index contributed by atoms with van der Waals surface area (Å²) in [5, 5.41) is 9.62. The molecular weight excluding hydrogens is 435 g/mol. The number of hydrogen-bond acceptors (Lipinski definition) is 4. The molecule has 1 unspecified atom stereocenters. The number of anilines is 1. The highest BCUT2D eigenvalue weighted by Gasteiger charge is 2.32. The predicted molar refractivity (Wildman–Crippen MR) is 122 cm³/mol. The van der Waals surface area contributed by atoms with Crippen LogP contribution in [-0.2, 0) is 6.18 Å². The summed E-state index contributed by atoms with van der Waals surface area (Å²) in [6.45, 7) is 5.56. The van der Waals surface area contributed by atoms with Crippen LogP contribution in [0.5, 0.6) is 0 Å². The lowest BCUT2D eigenvalue weighted by Crippen LogP contribution is -2.51. The molecule has 2 aromatic carbocycles. The Labute approximate surface area is 188 Å². The van der Waals surface area contributed by atoms with E-state index in [-0.39, 0.29) is 11.9 Å². The van der Waals surface area contributed by atoms with Crippen LogP contribution in [0.3, 0.4) is 0 Å². The molecule has 1 atom stereocenters. The van der Waals surface area contributed by atoms with Gasteiger partial charge in [-0.25, -0.2) is 0 Å². The highest BCUT2D eigenvalue weighted by Crippen LogP contribution is 2.38. The van der Waals surface area contributed by atoms with E-state index in [1.165, 1.54) is 6.07 Å². The molecule has 1 fully saturated rings. The van der Waals surface area contributed by atoms with Crippen LogP contribution in [0.1, 0.15) is 39.3 Å². The van der Waals surface area contributed by atoms with Crippen molar-refractivity contribution in [1.82, 2.24) is 10.6 Å². The maximum absolute atomic E-state index is 13.0. The van der Waals surface area contributed by atoms with Crippen LogP contribution in [0, 0.1) is 6.92 Å². The Morgan fingerprint density at radius 1 is 1.12 bits per heavy atom. The van der Waals surface area contributed by atoms with Gasteiger partial charge in [0.15, 0.2) is 0 Å². The van der Waals surface area contributed by atoms with Gasteiger partial charge in [0.25, 0.3) is 5.91 Å². The maximum Gasteiger partial charge on any atom is 0.425 e. The number of thiophene rings is 1. The van der Waals surface area contributed by atoms with Crippen molar-refractivity contribution in [3.8, 4) is 10.4 Å². The Morgan fingerprint density at radius 2 is 1.91 bits per heavy atom. The minimum Gasteiger partial charge on any atom is -0.380 e. The number of nitrogens with one attached hydrogen (secondary N) is 3. The van der Waals surface area contributed by atoms with Crippen LogP contribution < -0.4 is 16.0 Å². The molecule has 4 rings (SSSR count). The summed E-state index contributed by atoms with van der Waals surface area (Å²) in [4.78, 5) is 12.9. The molecule has 3 aromatic rings. The van der Waals surface area contributed by atoms with Gasteiger partial charge in [0.1, 0.15) is 4.88 Å². The zero-order valence-corrected chi connectivity index (χ0v) is 18.5. The van der Waals surface area contributed by atoms with Gasteiger partial charge in [-0.3, -0.25) is 4.79 Å². The number of halogens is 3. The van der Waals surface area contributed by atoms with Crippen molar-refractivity contribution < 1.29 is 18.0 Å². The van der Waals surface area contributed by atoms with E-state index in [4.69, 9.17) is 0 Å². The predicted octanol–water partition coefficient (Wildman–Crippen LogP) is 5.62. The number of carbonyl (C=O) groups excluding carboxylic acids is 1. The van der Waals surface area contributed by atoms with Crippen LogP contribution in [0.15, 0.2) is 54.6 Å². The van der Waals surface area contributed by atoms with Crippen molar-refractivity contribution in [1.29, 1.82) is 0 Å². The molecule has 1 aliphatic rings. The van der Waals surface area contributed by atoms with Crippen LogP contribution >= 0.6 is 11.3 Å². The fourth-order valence-electron chi connectivity index (χ4n) is 3.55. The van der Waals surface area contributed by atoms with Crippen LogP contribution in [0.4, 0.5) is 18.9 Å². The van der Waals surface area contributed by atoms with Gasteiger partial charge in [-0.1, -0.05) is 24.3 Å². The van der Waals surface area contributed by atoms with Crippen molar-refractivity contribution in [2.75, 3.05) is 18.4 Å². The lowest BCUT2D eigenvalue weighted by molar-refractivity contribution is -0.134. The first-order valence-corrected chi connectivity index (χ1v) is 11.2. The van der Waals surface area contributed by atoms with E-state index in [0.717, 1.165) is 36.0 Å². The third-order valence-electron chi connectivity index (χ3n) is 5.54. The molecule has 4 nitrogen and oxygen atoms in total. The van der Waals surface area contributed by atoms with E-state index in [0.29, 0.717) is 33.4 Å². The molecule has 0 saturated carbocycles. The molecule has 1 amide bonds. The minimum atomic E-state index is -4.35. The van der Waals surface area contributed by atoms with Crippen molar-refractivity contribution in [2.45, 2.75) is 32.1 Å². The minimum absolute atomic E-state index is 0.189. The number of rotatable bonds is 6. The van der Waals surface area contributed by atoms with Gasteiger partial charge in [-0.05, 0) is 60.9 Å². The summed E-state index contributed by atoms with van der Waals surface area (Å²) in [5.74, 6) is -0.189. The summed E-state index contributed by atoms with van der Waals surface area (Å²) in [5.41, 5.74) is 3.89. The van der Waals surface area contributed by atoms with Gasteiger partial charge in [0.05, 0.1) is 12.1 Å². The summed E-state index contributed by atoms with van der Waals surface area (Å²) in [7, 11) is 0. The van der Waals surface area contributed by atoms with Crippen molar-refractivity contribution in [3.05, 3.63) is 76.2 Å². The van der Waals surface area contributed by atoms with E-state index in [2.05, 4.69) is 16.0 Å². The average molecular weight is 460 g/mol. The first-order chi connectivity index (χ1) is 15.2. The van der Waals surface area contributed by atoms with Crippen molar-refractivity contribution in [2.24, 2.45) is 0 Å². The normalized spacial score (nSPS) is 15.2. The second kappa shape index (κ2) is 8.96. The molecule has 8 heteroatoms. The van der Waals surface area contributed by atoms with E-state index >= 15 is 0 Å². The molecule has 1 aliphatic heterocycles. The van der Waals surface area contributed by atoms with E-state index in [1.807, 2.05) is 44.2 Å². The number of carbonyl (C=O) groups is 1. The third kappa shape index (κ3) is 4.97. The number of benzene rings is 2. The monoisotopic (exact) mass is 459 g/mol. The molecule has 0 bridgehead atoms. The summed E-state index contributed by atoms with van der Waals surface area (Å²) < 4.78 is 38.8. The molecule has 168 valence electrons. The molecule has 0 spiro atoms. The maximum atomic E-state index is 13.0.